The van der Waals surface area contributed by atoms with Crippen LogP contribution < -0.4 is 5.73 Å². The largest absolute Gasteiger partial charge is 0.412 e. The molecule has 0 saturated heterocycles. The molecule has 0 aliphatic heterocycles. The summed E-state index contributed by atoms with van der Waals surface area (Å²) in [4.78, 5) is 4.14. The molecular weight excluding hydrogens is 128 g/mol. The molecule has 0 unspecified atom stereocenters. The van der Waals surface area contributed by atoms with Crippen LogP contribution in [0.5, 0.6) is 0 Å². The lowest BCUT2D eigenvalue weighted by molar-refractivity contribution is 0.664. The van der Waals surface area contributed by atoms with E-state index in [0.717, 1.165) is 18.8 Å². The normalized spacial score (nSPS) is 11.4. The number of rotatable bonds is 3. The van der Waals surface area contributed by atoms with Gasteiger partial charge in [-0.15, -0.1) is 0 Å². The fourth-order valence-electron chi connectivity index (χ4n) is 0.412. The number of hydrogen-bond acceptors (Lipinski definition) is 1. The van der Waals surface area contributed by atoms with E-state index in [1.54, 1.807) is 0 Å². The topological polar surface area (TPSA) is 69.9 Å². The second-order valence-electron chi connectivity index (χ2n) is 2.58. The Labute approximate surface area is 62.6 Å². The maximum atomic E-state index is 5.47. The molecule has 0 atom stereocenters. The van der Waals surface area contributed by atoms with E-state index in [2.05, 4.69) is 18.8 Å². The molecule has 0 heterocycles. The lowest BCUT2D eigenvalue weighted by atomic mass is 10.2. The van der Waals surface area contributed by atoms with Gasteiger partial charge in [-0.25, -0.2) is 0 Å². The summed E-state index contributed by atoms with van der Waals surface area (Å²) in [6.45, 7) is 7.14. The maximum absolute atomic E-state index is 5.47. The van der Waals surface area contributed by atoms with E-state index in [-0.39, 0.29) is 5.48 Å². The molecule has 0 rings (SSSR count). The molecule has 10 heavy (non-hydrogen) atoms. The molecule has 3 heteroatoms. The van der Waals surface area contributed by atoms with Crippen molar-refractivity contribution in [3.8, 4) is 0 Å². The van der Waals surface area contributed by atoms with E-state index >= 15 is 0 Å². The van der Waals surface area contributed by atoms with Crippen LogP contribution in [0.4, 0.5) is 0 Å². The first-order valence-corrected chi connectivity index (χ1v) is 3.45. The Kier molecular flexibility index (Phi) is 7.95. The highest BCUT2D eigenvalue weighted by atomic mass is 16.0. The Morgan fingerprint density at radius 1 is 1.50 bits per heavy atom. The van der Waals surface area contributed by atoms with Crippen molar-refractivity contribution in [2.75, 3.05) is 6.54 Å². The first-order chi connectivity index (χ1) is 4.16. The molecule has 0 aromatic carbocycles. The van der Waals surface area contributed by atoms with E-state index < -0.39 is 0 Å². The van der Waals surface area contributed by atoms with Gasteiger partial charge in [0.2, 0.25) is 0 Å². The predicted molar refractivity (Wildman–Crippen MR) is 45.2 cm³/mol. The zero-order chi connectivity index (χ0) is 7.28. The van der Waals surface area contributed by atoms with Crippen LogP contribution in [-0.4, -0.2) is 17.9 Å². The van der Waals surface area contributed by atoms with Gasteiger partial charge in [0.25, 0.3) is 0 Å². The van der Waals surface area contributed by atoms with Gasteiger partial charge in [0.15, 0.2) is 0 Å². The SMILES string of the molecule is CCC(N)=NCC(C)C.O. The van der Waals surface area contributed by atoms with Gasteiger partial charge in [-0.3, -0.25) is 4.99 Å². The van der Waals surface area contributed by atoms with Gasteiger partial charge < -0.3 is 11.2 Å². The fraction of sp³-hybridized carbons (Fsp3) is 0.857. The first-order valence-electron chi connectivity index (χ1n) is 3.45. The molecule has 0 bridgehead atoms. The van der Waals surface area contributed by atoms with Gasteiger partial charge in [0.1, 0.15) is 0 Å². The van der Waals surface area contributed by atoms with E-state index in [4.69, 9.17) is 5.73 Å². The minimum Gasteiger partial charge on any atom is -0.412 e. The van der Waals surface area contributed by atoms with Crippen LogP contribution in [0.15, 0.2) is 4.99 Å². The lowest BCUT2D eigenvalue weighted by Gasteiger charge is -1.98. The number of aliphatic imine (C=N–C) groups is 1. The molecule has 0 aliphatic carbocycles. The van der Waals surface area contributed by atoms with Crippen LogP contribution >= 0.6 is 0 Å². The number of amidine groups is 1. The van der Waals surface area contributed by atoms with Crippen LogP contribution in [0.1, 0.15) is 27.2 Å². The van der Waals surface area contributed by atoms with Gasteiger partial charge in [-0.05, 0) is 5.92 Å². The third-order valence-electron chi connectivity index (χ3n) is 1.02. The summed E-state index contributed by atoms with van der Waals surface area (Å²) in [6, 6.07) is 0. The minimum atomic E-state index is 0. The Hall–Kier alpha value is -0.570. The highest BCUT2D eigenvalue weighted by molar-refractivity contribution is 5.79. The van der Waals surface area contributed by atoms with Crippen LogP contribution in [-0.2, 0) is 0 Å². The lowest BCUT2D eigenvalue weighted by Crippen LogP contribution is -2.11. The molecule has 62 valence electrons. The summed E-state index contributed by atoms with van der Waals surface area (Å²) in [5, 5.41) is 0. The summed E-state index contributed by atoms with van der Waals surface area (Å²) in [7, 11) is 0. The third-order valence-corrected chi connectivity index (χ3v) is 1.02. The highest BCUT2D eigenvalue weighted by Crippen LogP contribution is 1.91. The zero-order valence-electron chi connectivity index (χ0n) is 7.02. The van der Waals surface area contributed by atoms with Gasteiger partial charge in [-0.1, -0.05) is 20.8 Å². The minimum absolute atomic E-state index is 0. The average Bonchev–Trinajstić information content (AvgIpc) is 1.83. The summed E-state index contributed by atoms with van der Waals surface area (Å²) < 4.78 is 0. The summed E-state index contributed by atoms with van der Waals surface area (Å²) >= 11 is 0. The third kappa shape index (κ3) is 7.43. The Bertz CT molecular complexity index is 99.8. The Morgan fingerprint density at radius 3 is 2.30 bits per heavy atom. The Morgan fingerprint density at radius 2 is 2.00 bits per heavy atom. The molecular formula is C7H18N2O. The second kappa shape index (κ2) is 6.55. The van der Waals surface area contributed by atoms with Gasteiger partial charge in [0, 0.05) is 13.0 Å². The molecule has 0 aromatic heterocycles. The summed E-state index contributed by atoms with van der Waals surface area (Å²) in [5.41, 5.74) is 5.47. The second-order valence-corrected chi connectivity index (χ2v) is 2.58. The van der Waals surface area contributed by atoms with Crippen molar-refractivity contribution in [2.24, 2.45) is 16.6 Å². The molecule has 0 spiro atoms. The van der Waals surface area contributed by atoms with Crippen LogP contribution in [0.3, 0.4) is 0 Å². The van der Waals surface area contributed by atoms with E-state index in [1.807, 2.05) is 6.92 Å². The molecule has 4 N–H and O–H groups in total. The van der Waals surface area contributed by atoms with Crippen LogP contribution in [0, 0.1) is 5.92 Å². The van der Waals surface area contributed by atoms with E-state index in [1.165, 1.54) is 0 Å². The Balaban J connectivity index is 0. The molecule has 0 radical (unpaired) electrons. The predicted octanol–water partition coefficient (Wildman–Crippen LogP) is 0.585. The standard InChI is InChI=1S/C7H16N2.H2O/c1-4-7(8)9-5-6(2)3;/h6H,4-5H2,1-3H3,(H2,8,9);1H2. The zero-order valence-corrected chi connectivity index (χ0v) is 7.02. The van der Waals surface area contributed by atoms with Crippen molar-refractivity contribution < 1.29 is 5.48 Å². The van der Waals surface area contributed by atoms with Crippen LogP contribution in [0.25, 0.3) is 0 Å². The van der Waals surface area contributed by atoms with Crippen molar-refractivity contribution in [2.45, 2.75) is 27.2 Å². The van der Waals surface area contributed by atoms with Crippen molar-refractivity contribution in [1.29, 1.82) is 0 Å². The van der Waals surface area contributed by atoms with Crippen molar-refractivity contribution in [3.63, 3.8) is 0 Å². The highest BCUT2D eigenvalue weighted by Gasteiger charge is 1.90. The molecule has 0 aromatic rings. The van der Waals surface area contributed by atoms with Crippen LogP contribution in [0.2, 0.25) is 0 Å². The number of nitrogens with zero attached hydrogens (tertiary/aromatic N) is 1. The molecule has 0 amide bonds. The summed E-state index contributed by atoms with van der Waals surface area (Å²) in [5.74, 6) is 1.39. The molecule has 0 aliphatic rings. The smallest absolute Gasteiger partial charge is 0.0934 e. The quantitative estimate of drug-likeness (QED) is 0.459. The van der Waals surface area contributed by atoms with Gasteiger partial charge in [-0.2, -0.15) is 0 Å². The molecule has 0 saturated carbocycles. The first kappa shape index (κ1) is 12.1. The van der Waals surface area contributed by atoms with Crippen molar-refractivity contribution in [1.82, 2.24) is 0 Å². The summed E-state index contributed by atoms with van der Waals surface area (Å²) in [6.07, 6.45) is 0.868. The molecule has 3 nitrogen and oxygen atoms in total. The fourth-order valence-corrected chi connectivity index (χ4v) is 0.412. The van der Waals surface area contributed by atoms with Crippen molar-refractivity contribution in [3.05, 3.63) is 0 Å². The van der Waals surface area contributed by atoms with Crippen molar-refractivity contribution >= 4 is 5.84 Å². The van der Waals surface area contributed by atoms with Gasteiger partial charge in [0.05, 0.1) is 5.84 Å². The van der Waals surface area contributed by atoms with E-state index in [9.17, 15) is 0 Å². The monoisotopic (exact) mass is 146 g/mol. The average molecular weight is 146 g/mol. The van der Waals surface area contributed by atoms with Gasteiger partial charge >= 0.3 is 0 Å². The number of nitrogens with two attached hydrogens (primary N) is 1. The number of hydrogen-bond donors (Lipinski definition) is 1. The maximum Gasteiger partial charge on any atom is 0.0934 e. The van der Waals surface area contributed by atoms with E-state index in [0.29, 0.717) is 5.92 Å². The molecule has 0 fully saturated rings.